The molecule has 0 saturated carbocycles. The van der Waals surface area contributed by atoms with Crippen LogP contribution in [0.5, 0.6) is 0 Å². The lowest BCUT2D eigenvalue weighted by atomic mass is 9.99. The molecule has 0 atom stereocenters. The summed E-state index contributed by atoms with van der Waals surface area (Å²) >= 11 is 3.64. The van der Waals surface area contributed by atoms with Gasteiger partial charge in [-0.3, -0.25) is 0 Å². The van der Waals surface area contributed by atoms with E-state index in [1.54, 1.807) is 0 Å². The first-order chi connectivity index (χ1) is 9.20. The Balaban J connectivity index is 1.98. The minimum Gasteiger partial charge on any atom is -0.381 e. The lowest BCUT2D eigenvalue weighted by molar-refractivity contribution is 0.0685. The van der Waals surface area contributed by atoms with Crippen molar-refractivity contribution in [2.75, 3.05) is 38.3 Å². The van der Waals surface area contributed by atoms with Crippen molar-refractivity contribution in [1.29, 1.82) is 0 Å². The maximum absolute atomic E-state index is 5.61. The lowest BCUT2D eigenvalue weighted by Gasteiger charge is -2.28. The summed E-state index contributed by atoms with van der Waals surface area (Å²) in [6.45, 7) is 3.62. The molecule has 19 heavy (non-hydrogen) atoms. The van der Waals surface area contributed by atoms with Crippen LogP contribution in [0.1, 0.15) is 18.4 Å². The van der Waals surface area contributed by atoms with E-state index in [4.69, 9.17) is 10.5 Å². The van der Waals surface area contributed by atoms with Gasteiger partial charge < -0.3 is 15.4 Å². The molecule has 1 heterocycles. The van der Waals surface area contributed by atoms with E-state index in [0.717, 1.165) is 36.6 Å². The average molecular weight is 327 g/mol. The van der Waals surface area contributed by atoms with Gasteiger partial charge in [0, 0.05) is 37.0 Å². The van der Waals surface area contributed by atoms with E-state index >= 15 is 0 Å². The topological polar surface area (TPSA) is 38.5 Å². The molecule has 1 aromatic carbocycles. The average Bonchev–Trinajstić information content (AvgIpc) is 2.42. The van der Waals surface area contributed by atoms with Gasteiger partial charge in [-0.15, -0.1) is 0 Å². The normalized spacial score (nSPS) is 16.6. The fourth-order valence-corrected chi connectivity index (χ4v) is 3.12. The summed E-state index contributed by atoms with van der Waals surface area (Å²) in [5.41, 5.74) is 8.15. The second-order valence-corrected chi connectivity index (χ2v) is 6.10. The van der Waals surface area contributed by atoms with Crippen molar-refractivity contribution in [2.24, 2.45) is 11.7 Å². The first kappa shape index (κ1) is 14.8. The number of rotatable bonds is 5. The monoisotopic (exact) mass is 326 g/mol. The summed E-state index contributed by atoms with van der Waals surface area (Å²) in [6, 6.07) is 6.56. The number of hydrogen-bond donors (Lipinski definition) is 1. The van der Waals surface area contributed by atoms with Gasteiger partial charge in [-0.2, -0.15) is 0 Å². The van der Waals surface area contributed by atoms with Gasteiger partial charge in [0.2, 0.25) is 0 Å². The second-order valence-electron chi connectivity index (χ2n) is 5.25. The Bertz CT molecular complexity index is 405. The molecule has 1 aliphatic heterocycles. The standard InChI is InChI=1S/C15H23BrN2O/c1-18(11-12-5-8-19-9-6-12)14-3-2-13(4-7-17)15(16)10-14/h2-3,10,12H,4-9,11,17H2,1H3. The van der Waals surface area contributed by atoms with Crippen LogP contribution in [0.3, 0.4) is 0 Å². The number of hydrogen-bond acceptors (Lipinski definition) is 3. The molecule has 0 bridgehead atoms. The molecule has 1 aromatic rings. The van der Waals surface area contributed by atoms with Crippen molar-refractivity contribution in [2.45, 2.75) is 19.3 Å². The molecule has 2 N–H and O–H groups in total. The van der Waals surface area contributed by atoms with Crippen molar-refractivity contribution in [1.82, 2.24) is 0 Å². The summed E-state index contributed by atoms with van der Waals surface area (Å²) in [4.78, 5) is 2.34. The van der Waals surface area contributed by atoms with Crippen LogP contribution in [0, 0.1) is 5.92 Å². The van der Waals surface area contributed by atoms with Crippen molar-refractivity contribution < 1.29 is 4.74 Å². The first-order valence-corrected chi connectivity index (χ1v) is 7.77. The molecule has 0 spiro atoms. The zero-order chi connectivity index (χ0) is 13.7. The van der Waals surface area contributed by atoms with Crippen LogP contribution in [0.4, 0.5) is 5.69 Å². The fraction of sp³-hybridized carbons (Fsp3) is 0.600. The van der Waals surface area contributed by atoms with Gasteiger partial charge in [0.05, 0.1) is 0 Å². The largest absolute Gasteiger partial charge is 0.381 e. The van der Waals surface area contributed by atoms with E-state index in [0.29, 0.717) is 6.54 Å². The number of anilines is 1. The van der Waals surface area contributed by atoms with Crippen molar-refractivity contribution in [3.05, 3.63) is 28.2 Å². The number of halogens is 1. The molecule has 0 amide bonds. The Labute approximate surface area is 124 Å². The Morgan fingerprint density at radius 2 is 2.11 bits per heavy atom. The van der Waals surface area contributed by atoms with Crippen LogP contribution in [0.2, 0.25) is 0 Å². The highest BCUT2D eigenvalue weighted by Crippen LogP contribution is 2.25. The second kappa shape index (κ2) is 7.27. The molecule has 0 aliphatic carbocycles. The van der Waals surface area contributed by atoms with E-state index < -0.39 is 0 Å². The molecule has 2 rings (SSSR count). The third-order valence-corrected chi connectivity index (χ3v) is 4.50. The van der Waals surface area contributed by atoms with Crippen LogP contribution < -0.4 is 10.6 Å². The van der Waals surface area contributed by atoms with Gasteiger partial charge in [-0.25, -0.2) is 0 Å². The molecule has 1 aliphatic rings. The van der Waals surface area contributed by atoms with Crippen molar-refractivity contribution in [3.63, 3.8) is 0 Å². The highest BCUT2D eigenvalue weighted by Gasteiger charge is 2.16. The molecule has 0 unspecified atom stereocenters. The molecule has 1 fully saturated rings. The smallest absolute Gasteiger partial charge is 0.0469 e. The lowest BCUT2D eigenvalue weighted by Crippen LogP contribution is -2.29. The predicted octanol–water partition coefficient (Wildman–Crippen LogP) is 2.81. The van der Waals surface area contributed by atoms with Gasteiger partial charge in [-0.1, -0.05) is 22.0 Å². The number of ether oxygens (including phenoxy) is 1. The van der Waals surface area contributed by atoms with Crippen LogP contribution in [0.15, 0.2) is 22.7 Å². The number of benzene rings is 1. The van der Waals surface area contributed by atoms with E-state index in [1.807, 2.05) is 0 Å². The Hall–Kier alpha value is -0.580. The van der Waals surface area contributed by atoms with E-state index in [1.165, 1.54) is 24.1 Å². The first-order valence-electron chi connectivity index (χ1n) is 6.98. The molecular weight excluding hydrogens is 304 g/mol. The summed E-state index contributed by atoms with van der Waals surface area (Å²) in [5.74, 6) is 0.751. The fourth-order valence-electron chi connectivity index (χ4n) is 2.55. The highest BCUT2D eigenvalue weighted by atomic mass is 79.9. The third-order valence-electron chi connectivity index (χ3n) is 3.76. The van der Waals surface area contributed by atoms with E-state index in [-0.39, 0.29) is 0 Å². The Morgan fingerprint density at radius 3 is 2.74 bits per heavy atom. The van der Waals surface area contributed by atoms with Gasteiger partial charge in [0.15, 0.2) is 0 Å². The minimum atomic E-state index is 0.690. The summed E-state index contributed by atoms with van der Waals surface area (Å²) in [6.07, 6.45) is 3.28. The minimum absolute atomic E-state index is 0.690. The van der Waals surface area contributed by atoms with E-state index in [2.05, 4.69) is 46.1 Å². The number of nitrogens with two attached hydrogens (primary N) is 1. The summed E-state index contributed by atoms with van der Waals surface area (Å²) in [7, 11) is 2.17. The molecule has 1 saturated heterocycles. The van der Waals surface area contributed by atoms with Crippen LogP contribution in [-0.2, 0) is 11.2 Å². The van der Waals surface area contributed by atoms with Gasteiger partial charge in [0.1, 0.15) is 0 Å². The maximum Gasteiger partial charge on any atom is 0.0469 e. The highest BCUT2D eigenvalue weighted by molar-refractivity contribution is 9.10. The molecule has 106 valence electrons. The number of nitrogens with zero attached hydrogens (tertiary/aromatic N) is 1. The van der Waals surface area contributed by atoms with Crippen molar-refractivity contribution >= 4 is 21.6 Å². The zero-order valence-electron chi connectivity index (χ0n) is 11.6. The zero-order valence-corrected chi connectivity index (χ0v) is 13.2. The molecule has 0 radical (unpaired) electrons. The van der Waals surface area contributed by atoms with Gasteiger partial charge in [0.25, 0.3) is 0 Å². The van der Waals surface area contributed by atoms with Crippen LogP contribution in [0.25, 0.3) is 0 Å². The summed E-state index contributed by atoms with van der Waals surface area (Å²) in [5, 5.41) is 0. The third kappa shape index (κ3) is 4.20. The molecule has 0 aromatic heterocycles. The predicted molar refractivity (Wildman–Crippen MR) is 83.7 cm³/mol. The van der Waals surface area contributed by atoms with Crippen molar-refractivity contribution in [3.8, 4) is 0 Å². The quantitative estimate of drug-likeness (QED) is 0.904. The Kier molecular flexibility index (Phi) is 5.67. The van der Waals surface area contributed by atoms with Gasteiger partial charge >= 0.3 is 0 Å². The maximum atomic E-state index is 5.61. The summed E-state index contributed by atoms with van der Waals surface area (Å²) < 4.78 is 6.57. The Morgan fingerprint density at radius 1 is 1.37 bits per heavy atom. The van der Waals surface area contributed by atoms with Gasteiger partial charge in [-0.05, 0) is 49.4 Å². The van der Waals surface area contributed by atoms with Crippen LogP contribution in [-0.4, -0.2) is 33.4 Å². The molecule has 3 nitrogen and oxygen atoms in total. The van der Waals surface area contributed by atoms with E-state index in [9.17, 15) is 0 Å². The molecule has 4 heteroatoms. The molecular formula is C15H23BrN2O. The van der Waals surface area contributed by atoms with Crippen LogP contribution >= 0.6 is 15.9 Å². The SMILES string of the molecule is CN(CC1CCOCC1)c1ccc(CCN)c(Br)c1.